The quantitative estimate of drug-likeness (QED) is 0.130. The molecule has 0 radical (unpaired) electrons. The first kappa shape index (κ1) is 32.7. The van der Waals surface area contributed by atoms with Crippen molar-refractivity contribution in [3.63, 3.8) is 0 Å². The lowest BCUT2D eigenvalue weighted by atomic mass is 9.66. The van der Waals surface area contributed by atoms with Crippen molar-refractivity contribution in [2.75, 3.05) is 13.2 Å². The smallest absolute Gasteiger partial charge is 0.238 e. The van der Waals surface area contributed by atoms with Crippen LogP contribution >= 0.6 is 0 Å². The van der Waals surface area contributed by atoms with Crippen LogP contribution in [0.4, 0.5) is 0 Å². The molecule has 10 heteroatoms. The van der Waals surface area contributed by atoms with E-state index in [-0.39, 0.29) is 77.1 Å². The Hall–Kier alpha value is -4.25. The van der Waals surface area contributed by atoms with Crippen molar-refractivity contribution in [2.45, 2.75) is 70.5 Å². The molecule has 1 aliphatic heterocycles. The number of hydrogen-bond acceptors (Lipinski definition) is 10. The van der Waals surface area contributed by atoms with Crippen molar-refractivity contribution >= 4 is 11.0 Å². The van der Waals surface area contributed by atoms with Gasteiger partial charge in [0.05, 0.1) is 12.7 Å². The molecule has 1 saturated carbocycles. The van der Waals surface area contributed by atoms with E-state index in [0.29, 0.717) is 54.4 Å². The predicted octanol–water partition coefficient (Wildman–Crippen LogP) is 5.07. The number of benzene rings is 3. The maximum Gasteiger partial charge on any atom is 0.238 e. The standard InChI is InChI=1S/C37H42O10/c1-18(2)11-20-14-22(15-21(32(20)43)12-19-5-3-6-23(40)13-19)35-34(45)33(44)31-29(46-35)16-28(42)30-24(7-4-10-38)25-8-9-27(41)26(17-39)36(25)47-37(30)31/h3,5-6,13-16,18,24-27,36,38-43,45H,4,7-12,17H2,1-2H3/t24-,25-,26-,27+,36-/m0/s1. The molecule has 3 aromatic carbocycles. The van der Waals surface area contributed by atoms with Crippen LogP contribution in [0.25, 0.3) is 22.3 Å². The van der Waals surface area contributed by atoms with Gasteiger partial charge in [0.25, 0.3) is 0 Å². The van der Waals surface area contributed by atoms with Crippen molar-refractivity contribution < 1.29 is 44.9 Å². The lowest BCUT2D eigenvalue weighted by Crippen LogP contribution is -2.51. The lowest BCUT2D eigenvalue weighted by molar-refractivity contribution is -0.0795. The molecule has 0 unspecified atom stereocenters. The maximum absolute atomic E-state index is 14.1. The van der Waals surface area contributed by atoms with Crippen LogP contribution in [-0.2, 0) is 12.8 Å². The van der Waals surface area contributed by atoms with Gasteiger partial charge in [-0.05, 0) is 84.9 Å². The summed E-state index contributed by atoms with van der Waals surface area (Å²) in [6.07, 6.45) is 1.20. The van der Waals surface area contributed by atoms with E-state index in [0.717, 1.165) is 5.56 Å². The highest BCUT2D eigenvalue weighted by molar-refractivity contribution is 5.91. The lowest BCUT2D eigenvalue weighted by Gasteiger charge is -2.47. The molecule has 47 heavy (non-hydrogen) atoms. The second-order valence-electron chi connectivity index (χ2n) is 13.4. The molecule has 0 bridgehead atoms. The summed E-state index contributed by atoms with van der Waals surface area (Å²) >= 11 is 0. The molecule has 5 atom stereocenters. The number of aromatic hydroxyl groups is 4. The summed E-state index contributed by atoms with van der Waals surface area (Å²) in [4.78, 5) is 14.1. The Balaban J connectivity index is 1.53. The Labute approximate surface area is 272 Å². The monoisotopic (exact) mass is 646 g/mol. The van der Waals surface area contributed by atoms with Crippen LogP contribution < -0.4 is 10.2 Å². The number of rotatable bonds is 9. The average molecular weight is 647 g/mol. The molecule has 4 aromatic rings. The van der Waals surface area contributed by atoms with Crippen molar-refractivity contribution in [2.24, 2.45) is 17.8 Å². The zero-order chi connectivity index (χ0) is 33.6. The largest absolute Gasteiger partial charge is 0.508 e. The minimum absolute atomic E-state index is 0.0247. The first-order valence-corrected chi connectivity index (χ1v) is 16.3. The van der Waals surface area contributed by atoms with Crippen molar-refractivity contribution in [1.82, 2.24) is 0 Å². The first-order valence-electron chi connectivity index (χ1n) is 16.3. The molecule has 1 aliphatic carbocycles. The first-order chi connectivity index (χ1) is 22.5. The summed E-state index contributed by atoms with van der Waals surface area (Å²) in [5.41, 5.74) is 1.78. The van der Waals surface area contributed by atoms with E-state index >= 15 is 0 Å². The average Bonchev–Trinajstić information content (AvgIpc) is 3.02. The van der Waals surface area contributed by atoms with Gasteiger partial charge in [-0.1, -0.05) is 26.0 Å². The molecule has 6 rings (SSSR count). The fourth-order valence-corrected chi connectivity index (χ4v) is 7.62. The molecule has 7 N–H and O–H groups in total. The Bertz CT molecular complexity index is 1840. The summed E-state index contributed by atoms with van der Waals surface area (Å²) in [6, 6.07) is 11.3. The summed E-state index contributed by atoms with van der Waals surface area (Å²) in [5, 5.41) is 74.5. The second-order valence-corrected chi connectivity index (χ2v) is 13.4. The number of hydrogen-bond donors (Lipinski definition) is 7. The van der Waals surface area contributed by atoms with E-state index in [9.17, 15) is 40.5 Å². The minimum Gasteiger partial charge on any atom is -0.508 e. The Morgan fingerprint density at radius 3 is 2.43 bits per heavy atom. The van der Waals surface area contributed by atoms with E-state index in [1.807, 2.05) is 19.9 Å². The second kappa shape index (κ2) is 13.1. The number of aliphatic hydroxyl groups excluding tert-OH is 3. The fourth-order valence-electron chi connectivity index (χ4n) is 7.62. The Morgan fingerprint density at radius 1 is 0.957 bits per heavy atom. The molecule has 10 nitrogen and oxygen atoms in total. The highest BCUT2D eigenvalue weighted by Gasteiger charge is 2.48. The van der Waals surface area contributed by atoms with Gasteiger partial charge in [-0.2, -0.15) is 0 Å². The van der Waals surface area contributed by atoms with Gasteiger partial charge >= 0.3 is 0 Å². The summed E-state index contributed by atoms with van der Waals surface area (Å²) in [7, 11) is 0. The van der Waals surface area contributed by atoms with Gasteiger partial charge in [0.15, 0.2) is 5.76 Å². The molecule has 0 amide bonds. The molecule has 0 spiro atoms. The zero-order valence-corrected chi connectivity index (χ0v) is 26.5. The van der Waals surface area contributed by atoms with Gasteiger partial charge in [-0.15, -0.1) is 0 Å². The van der Waals surface area contributed by atoms with Gasteiger partial charge in [-0.3, -0.25) is 4.79 Å². The van der Waals surface area contributed by atoms with Crippen LogP contribution in [0.15, 0.2) is 51.7 Å². The third kappa shape index (κ3) is 6.01. The molecule has 1 fully saturated rings. The van der Waals surface area contributed by atoms with Crippen LogP contribution in [-0.4, -0.2) is 61.2 Å². The van der Waals surface area contributed by atoms with E-state index in [2.05, 4.69) is 0 Å². The van der Waals surface area contributed by atoms with Gasteiger partial charge in [-0.25, -0.2) is 0 Å². The third-order valence-electron chi connectivity index (χ3n) is 9.75. The van der Waals surface area contributed by atoms with E-state index in [4.69, 9.17) is 9.15 Å². The van der Waals surface area contributed by atoms with Crippen molar-refractivity contribution in [3.05, 3.63) is 74.9 Å². The topological polar surface area (TPSA) is 181 Å². The highest BCUT2D eigenvalue weighted by atomic mass is 16.5. The molecule has 1 aromatic heterocycles. The number of fused-ring (bicyclic) bond motifs is 4. The number of ether oxygens (including phenoxy) is 1. The SMILES string of the molecule is CC(C)Cc1cc(-c2oc3cc(O)c4c(c3c(=O)c2O)O[C@@H]2[C@@H](CO)[C@H](O)CC[C@H]2[C@@H]4CCCO)cc(Cc2cccc(O)c2)c1O. The van der Waals surface area contributed by atoms with Crippen LogP contribution in [0.5, 0.6) is 28.7 Å². The third-order valence-corrected chi connectivity index (χ3v) is 9.75. The van der Waals surface area contributed by atoms with E-state index in [1.165, 1.54) is 6.07 Å². The molecule has 250 valence electrons. The van der Waals surface area contributed by atoms with Crippen LogP contribution in [0.3, 0.4) is 0 Å². The van der Waals surface area contributed by atoms with Crippen LogP contribution in [0.1, 0.15) is 67.7 Å². The highest BCUT2D eigenvalue weighted by Crippen LogP contribution is 2.54. The summed E-state index contributed by atoms with van der Waals surface area (Å²) in [5.74, 6) is -1.74. The maximum atomic E-state index is 14.1. The number of aliphatic hydroxyl groups is 3. The van der Waals surface area contributed by atoms with Gasteiger partial charge in [0, 0.05) is 42.1 Å². The molecule has 0 saturated heterocycles. The molecule has 2 aliphatic rings. The van der Waals surface area contributed by atoms with Gasteiger partial charge < -0.3 is 44.9 Å². The summed E-state index contributed by atoms with van der Waals surface area (Å²) < 4.78 is 12.6. The predicted molar refractivity (Wildman–Crippen MR) is 175 cm³/mol. The van der Waals surface area contributed by atoms with Crippen LogP contribution in [0.2, 0.25) is 0 Å². The van der Waals surface area contributed by atoms with Crippen LogP contribution in [0, 0.1) is 17.8 Å². The number of phenolic OH excluding ortho intramolecular Hbond substituents is 3. The summed E-state index contributed by atoms with van der Waals surface area (Å²) in [6.45, 7) is 3.60. The van der Waals surface area contributed by atoms with Gasteiger partial charge in [0.1, 0.15) is 40.1 Å². The molecule has 2 heterocycles. The van der Waals surface area contributed by atoms with Crippen molar-refractivity contribution in [1.29, 1.82) is 0 Å². The van der Waals surface area contributed by atoms with E-state index < -0.39 is 29.3 Å². The van der Waals surface area contributed by atoms with Gasteiger partial charge in [0.2, 0.25) is 11.2 Å². The molecular formula is C37H42O10. The zero-order valence-electron chi connectivity index (χ0n) is 26.5. The normalized spacial score (nSPS) is 22.2. The Kier molecular flexibility index (Phi) is 9.11. The minimum atomic E-state index is -0.815. The Morgan fingerprint density at radius 2 is 1.72 bits per heavy atom. The van der Waals surface area contributed by atoms with Crippen molar-refractivity contribution in [3.8, 4) is 40.1 Å². The number of phenols is 3. The van der Waals surface area contributed by atoms with E-state index in [1.54, 1.807) is 30.3 Å². The molecular weight excluding hydrogens is 604 g/mol. The fraction of sp³-hybridized carbons (Fsp3) is 0.432.